The maximum Gasteiger partial charge on any atom is 0.406 e. The number of furan rings is 1. The molecule has 30 heavy (non-hydrogen) atoms. The molecule has 0 amide bonds. The summed E-state index contributed by atoms with van der Waals surface area (Å²) in [5.41, 5.74) is 4.62. The lowest BCUT2D eigenvalue weighted by Crippen LogP contribution is -2.58. The number of alkyl halides is 3. The molecule has 0 saturated carbocycles. The first-order valence-electron chi connectivity index (χ1n) is 9.58. The number of aromatic amines is 1. The summed E-state index contributed by atoms with van der Waals surface area (Å²) in [6.45, 7) is 3.47. The number of nitrogens with one attached hydrogen (secondary N) is 1. The van der Waals surface area contributed by atoms with E-state index in [1.54, 1.807) is 38.1 Å². The molecule has 2 aromatic heterocycles. The second kappa shape index (κ2) is 6.87. The summed E-state index contributed by atoms with van der Waals surface area (Å²) >= 11 is 0. The Kier molecular flexibility index (Phi) is 4.69. The molecule has 0 radical (unpaired) electrons. The van der Waals surface area contributed by atoms with E-state index in [0.717, 1.165) is 5.39 Å². The highest BCUT2D eigenvalue weighted by Crippen LogP contribution is 2.43. The molecule has 3 nitrogen and oxygen atoms in total. The maximum atomic E-state index is 14.2. The molecule has 2 heterocycles. The molecule has 1 atom stereocenters. The summed E-state index contributed by atoms with van der Waals surface area (Å²) in [5.74, 6) is -0.460. The van der Waals surface area contributed by atoms with Gasteiger partial charge in [-0.2, -0.15) is 13.2 Å². The van der Waals surface area contributed by atoms with Crippen LogP contribution in [-0.4, -0.2) is 16.7 Å². The van der Waals surface area contributed by atoms with Gasteiger partial charge in [0.25, 0.3) is 0 Å². The molecule has 0 aliphatic rings. The molecule has 0 spiro atoms. The van der Waals surface area contributed by atoms with E-state index in [4.69, 9.17) is 10.2 Å². The smallest absolute Gasteiger partial charge is 0.406 e. The lowest BCUT2D eigenvalue weighted by molar-refractivity contribution is -0.191. The molecule has 7 heteroatoms. The topological polar surface area (TPSA) is 55.0 Å². The molecular weight excluding hydrogens is 396 g/mol. The van der Waals surface area contributed by atoms with Crippen LogP contribution in [0, 0.1) is 5.82 Å². The van der Waals surface area contributed by atoms with Crippen LogP contribution in [0.1, 0.15) is 31.5 Å². The van der Waals surface area contributed by atoms with Gasteiger partial charge in [-0.15, -0.1) is 0 Å². The van der Waals surface area contributed by atoms with Crippen LogP contribution in [0.2, 0.25) is 0 Å². The fourth-order valence-electron chi connectivity index (χ4n) is 4.27. The molecule has 3 N–H and O–H groups in total. The minimum absolute atomic E-state index is 0.308. The van der Waals surface area contributed by atoms with Crippen molar-refractivity contribution >= 4 is 21.9 Å². The van der Waals surface area contributed by atoms with E-state index in [0.29, 0.717) is 27.7 Å². The Morgan fingerprint density at radius 2 is 1.77 bits per heavy atom. The van der Waals surface area contributed by atoms with Gasteiger partial charge in [0.05, 0.1) is 6.26 Å². The Bertz CT molecular complexity index is 1200. The highest BCUT2D eigenvalue weighted by Gasteiger charge is 2.54. The summed E-state index contributed by atoms with van der Waals surface area (Å²) in [5, 5.41) is 1.46. The van der Waals surface area contributed by atoms with Crippen LogP contribution in [0.4, 0.5) is 17.6 Å². The second-order valence-corrected chi connectivity index (χ2v) is 8.56. The second-order valence-electron chi connectivity index (χ2n) is 8.56. The van der Waals surface area contributed by atoms with Crippen molar-refractivity contribution in [2.75, 3.05) is 0 Å². The van der Waals surface area contributed by atoms with Gasteiger partial charge in [0, 0.05) is 28.6 Å². The third-order valence-electron chi connectivity index (χ3n) is 5.68. The summed E-state index contributed by atoms with van der Waals surface area (Å²) in [4.78, 5) is 2.88. The number of fused-ring (bicyclic) bond motifs is 2. The van der Waals surface area contributed by atoms with E-state index >= 15 is 0 Å². The van der Waals surface area contributed by atoms with E-state index in [1.165, 1.54) is 24.5 Å². The molecule has 0 aliphatic heterocycles. The Balaban J connectivity index is 1.71. The Morgan fingerprint density at radius 3 is 2.50 bits per heavy atom. The third kappa shape index (κ3) is 3.58. The van der Waals surface area contributed by atoms with Gasteiger partial charge in [-0.3, -0.25) is 0 Å². The van der Waals surface area contributed by atoms with Gasteiger partial charge in [-0.05, 0) is 47.6 Å². The zero-order valence-electron chi connectivity index (χ0n) is 16.6. The van der Waals surface area contributed by atoms with Crippen LogP contribution in [0.5, 0.6) is 0 Å². The minimum atomic E-state index is -4.65. The molecular formula is C23H22F4N2O. The van der Waals surface area contributed by atoms with Crippen molar-refractivity contribution in [1.29, 1.82) is 0 Å². The fourth-order valence-corrected chi connectivity index (χ4v) is 4.27. The van der Waals surface area contributed by atoms with Crippen LogP contribution in [-0.2, 0) is 11.8 Å². The van der Waals surface area contributed by atoms with Crippen molar-refractivity contribution in [3.63, 3.8) is 0 Å². The monoisotopic (exact) mass is 418 g/mol. The Labute approximate surface area is 170 Å². The van der Waals surface area contributed by atoms with Gasteiger partial charge >= 0.3 is 6.18 Å². The number of rotatable bonds is 5. The van der Waals surface area contributed by atoms with Crippen LogP contribution < -0.4 is 5.73 Å². The molecule has 158 valence electrons. The average Bonchev–Trinajstić information content (AvgIpc) is 3.25. The minimum Gasteiger partial charge on any atom is -0.464 e. The SMILES string of the molecule is CC(C)(CC(N)(Cc1cc2ccc(F)cc2[nH]1)C(F)(F)F)c1cccc2ccoc12. The third-order valence-corrected chi connectivity index (χ3v) is 5.68. The van der Waals surface area contributed by atoms with Crippen molar-refractivity contribution in [2.45, 2.75) is 43.8 Å². The number of benzene rings is 2. The summed E-state index contributed by atoms with van der Waals surface area (Å²) in [6, 6.07) is 12.8. The zero-order chi connectivity index (χ0) is 21.7. The van der Waals surface area contributed by atoms with E-state index in [2.05, 4.69) is 4.98 Å². The molecule has 4 aromatic rings. The number of H-pyrrole nitrogens is 1. The van der Waals surface area contributed by atoms with Gasteiger partial charge in [0.15, 0.2) is 0 Å². The lowest BCUT2D eigenvalue weighted by Gasteiger charge is -2.39. The van der Waals surface area contributed by atoms with Gasteiger partial charge in [0.2, 0.25) is 0 Å². The van der Waals surface area contributed by atoms with Gasteiger partial charge < -0.3 is 15.1 Å². The van der Waals surface area contributed by atoms with Crippen molar-refractivity contribution in [3.05, 3.63) is 71.9 Å². The predicted octanol–water partition coefficient (Wildman–Crippen LogP) is 6.22. The number of hydrogen-bond acceptors (Lipinski definition) is 2. The normalized spacial score (nSPS) is 15.0. The largest absolute Gasteiger partial charge is 0.464 e. The van der Waals surface area contributed by atoms with Gasteiger partial charge in [-0.1, -0.05) is 32.0 Å². The zero-order valence-corrected chi connectivity index (χ0v) is 16.6. The highest BCUT2D eigenvalue weighted by atomic mass is 19.4. The van der Waals surface area contributed by atoms with Crippen molar-refractivity contribution in [3.8, 4) is 0 Å². The molecule has 2 aromatic carbocycles. The Hall–Kier alpha value is -2.80. The van der Waals surface area contributed by atoms with Crippen LogP contribution >= 0.6 is 0 Å². The molecule has 4 rings (SSSR count). The number of nitrogens with two attached hydrogens (primary N) is 1. The predicted molar refractivity (Wildman–Crippen MR) is 109 cm³/mol. The average molecular weight is 418 g/mol. The van der Waals surface area contributed by atoms with E-state index in [9.17, 15) is 17.6 Å². The number of hydrogen-bond donors (Lipinski definition) is 2. The molecule has 1 unspecified atom stereocenters. The Morgan fingerprint density at radius 1 is 1.00 bits per heavy atom. The fraction of sp³-hybridized carbons (Fsp3) is 0.304. The number of para-hydroxylation sites is 1. The molecule has 0 bridgehead atoms. The lowest BCUT2D eigenvalue weighted by atomic mass is 9.72. The van der Waals surface area contributed by atoms with E-state index in [-0.39, 0.29) is 6.42 Å². The van der Waals surface area contributed by atoms with E-state index in [1.807, 2.05) is 6.07 Å². The number of halogens is 4. The molecule has 0 saturated heterocycles. The van der Waals surface area contributed by atoms with E-state index < -0.39 is 29.4 Å². The summed E-state index contributed by atoms with van der Waals surface area (Å²) in [7, 11) is 0. The maximum absolute atomic E-state index is 14.2. The van der Waals surface area contributed by atoms with Gasteiger partial charge in [0.1, 0.15) is 16.9 Å². The van der Waals surface area contributed by atoms with Crippen molar-refractivity contribution in [2.24, 2.45) is 5.73 Å². The van der Waals surface area contributed by atoms with Crippen LogP contribution in [0.3, 0.4) is 0 Å². The van der Waals surface area contributed by atoms with Crippen LogP contribution in [0.15, 0.2) is 59.2 Å². The van der Waals surface area contributed by atoms with Gasteiger partial charge in [-0.25, -0.2) is 4.39 Å². The number of aromatic nitrogens is 1. The summed E-state index contributed by atoms with van der Waals surface area (Å²) in [6.07, 6.45) is -3.94. The highest BCUT2D eigenvalue weighted by molar-refractivity contribution is 5.81. The molecule has 0 fully saturated rings. The molecule has 0 aliphatic carbocycles. The standard InChI is InChI=1S/C23H22F4N2O/c1-21(2,18-5-3-4-14-8-9-30-20(14)18)13-22(28,23(25,26)27)12-17-10-15-6-7-16(24)11-19(15)29-17/h3-11,29H,12-13,28H2,1-2H3. The first-order chi connectivity index (χ1) is 14.0. The summed E-state index contributed by atoms with van der Waals surface area (Å²) < 4.78 is 61.6. The first-order valence-corrected chi connectivity index (χ1v) is 9.58. The van der Waals surface area contributed by atoms with Crippen LogP contribution in [0.25, 0.3) is 21.9 Å². The quantitative estimate of drug-likeness (QED) is 0.378. The van der Waals surface area contributed by atoms with Crippen molar-refractivity contribution in [1.82, 2.24) is 4.98 Å². The van der Waals surface area contributed by atoms with Crippen molar-refractivity contribution < 1.29 is 22.0 Å². The first kappa shape index (κ1) is 20.5.